The van der Waals surface area contributed by atoms with Gasteiger partial charge in [-0.1, -0.05) is 60.8 Å². The van der Waals surface area contributed by atoms with Gasteiger partial charge in [0.25, 0.3) is 0 Å². The molecule has 1 aliphatic rings. The lowest BCUT2D eigenvalue weighted by Gasteiger charge is -2.32. The standard InChI is InChI=1S/C27H29ClN2O3S/c1-33-22-14-12-19(13-15-22)26(27(32)29-21-8-3-4-9-21)30(18-20-7-2-5-11-24(20)28)25(31)17-23-10-6-16-34-23/h2,5-7,10-16,21,26H,3-4,8-9,17-18H2,1H3,(H,29,32)/t26-/m0/s1. The van der Waals surface area contributed by atoms with Crippen molar-refractivity contribution in [3.63, 3.8) is 0 Å². The summed E-state index contributed by atoms with van der Waals surface area (Å²) in [6, 6.07) is 18.0. The molecule has 178 valence electrons. The number of rotatable bonds is 9. The first-order valence-corrected chi connectivity index (χ1v) is 12.8. The number of benzene rings is 2. The zero-order valence-electron chi connectivity index (χ0n) is 19.2. The van der Waals surface area contributed by atoms with Gasteiger partial charge >= 0.3 is 0 Å². The Morgan fingerprint density at radius 3 is 2.47 bits per heavy atom. The lowest BCUT2D eigenvalue weighted by atomic mass is 10.0. The Balaban J connectivity index is 1.71. The zero-order valence-corrected chi connectivity index (χ0v) is 20.8. The van der Waals surface area contributed by atoms with E-state index in [0.717, 1.165) is 41.7 Å². The van der Waals surface area contributed by atoms with Crippen LogP contribution in [0.5, 0.6) is 5.75 Å². The van der Waals surface area contributed by atoms with Crippen LogP contribution in [-0.4, -0.2) is 29.9 Å². The van der Waals surface area contributed by atoms with Crippen molar-refractivity contribution in [2.75, 3.05) is 7.11 Å². The van der Waals surface area contributed by atoms with Crippen LogP contribution < -0.4 is 10.1 Å². The number of ether oxygens (including phenoxy) is 1. The molecule has 5 nitrogen and oxygen atoms in total. The summed E-state index contributed by atoms with van der Waals surface area (Å²) in [5.74, 6) is 0.412. The Hall–Kier alpha value is -2.83. The van der Waals surface area contributed by atoms with Gasteiger partial charge in [0.15, 0.2) is 0 Å². The van der Waals surface area contributed by atoms with E-state index < -0.39 is 6.04 Å². The maximum atomic E-state index is 13.7. The molecule has 7 heteroatoms. The van der Waals surface area contributed by atoms with E-state index in [2.05, 4.69) is 5.32 Å². The molecule has 4 rings (SSSR count). The highest BCUT2D eigenvalue weighted by molar-refractivity contribution is 7.10. The molecule has 3 aromatic rings. The van der Waals surface area contributed by atoms with E-state index in [9.17, 15) is 9.59 Å². The lowest BCUT2D eigenvalue weighted by molar-refractivity contribution is -0.141. The first-order chi connectivity index (χ1) is 16.5. The van der Waals surface area contributed by atoms with Crippen LogP contribution in [0.4, 0.5) is 0 Å². The molecule has 1 aliphatic carbocycles. The number of carbonyl (C=O) groups excluding carboxylic acids is 2. The van der Waals surface area contributed by atoms with Crippen LogP contribution in [0.25, 0.3) is 0 Å². The third-order valence-electron chi connectivity index (χ3n) is 6.22. The fourth-order valence-electron chi connectivity index (χ4n) is 4.41. The van der Waals surface area contributed by atoms with Gasteiger partial charge in [0.1, 0.15) is 11.8 Å². The van der Waals surface area contributed by atoms with E-state index in [1.54, 1.807) is 18.1 Å². The normalized spacial score (nSPS) is 14.5. The van der Waals surface area contributed by atoms with Gasteiger partial charge in [0.2, 0.25) is 11.8 Å². The number of hydrogen-bond acceptors (Lipinski definition) is 4. The summed E-state index contributed by atoms with van der Waals surface area (Å²) in [4.78, 5) is 30.0. The first kappa shape index (κ1) is 24.3. The van der Waals surface area contributed by atoms with Gasteiger partial charge in [-0.05, 0) is 53.6 Å². The molecular formula is C27H29ClN2O3S. The van der Waals surface area contributed by atoms with Gasteiger partial charge in [-0.25, -0.2) is 0 Å². The van der Waals surface area contributed by atoms with Gasteiger partial charge < -0.3 is 15.0 Å². The number of nitrogens with zero attached hydrogens (tertiary/aromatic N) is 1. The molecule has 2 aromatic carbocycles. The lowest BCUT2D eigenvalue weighted by Crippen LogP contribution is -2.46. The smallest absolute Gasteiger partial charge is 0.247 e. The van der Waals surface area contributed by atoms with Crippen LogP contribution in [0.1, 0.15) is 47.7 Å². The number of halogens is 1. The van der Waals surface area contributed by atoms with Crippen molar-refractivity contribution in [2.24, 2.45) is 0 Å². The Kier molecular flexibility index (Phi) is 8.25. The fraction of sp³-hybridized carbons (Fsp3) is 0.333. The monoisotopic (exact) mass is 496 g/mol. The third kappa shape index (κ3) is 5.99. The summed E-state index contributed by atoms with van der Waals surface area (Å²) < 4.78 is 5.31. The van der Waals surface area contributed by atoms with Crippen LogP contribution in [0.2, 0.25) is 5.02 Å². The molecule has 1 saturated carbocycles. The second-order valence-electron chi connectivity index (χ2n) is 8.53. The summed E-state index contributed by atoms with van der Waals surface area (Å²) in [5, 5.41) is 5.73. The van der Waals surface area contributed by atoms with E-state index in [1.807, 2.05) is 60.0 Å². The predicted molar refractivity (Wildman–Crippen MR) is 136 cm³/mol. The van der Waals surface area contributed by atoms with E-state index in [4.69, 9.17) is 16.3 Å². The molecule has 0 bridgehead atoms. The molecule has 0 radical (unpaired) electrons. The first-order valence-electron chi connectivity index (χ1n) is 11.5. The number of carbonyl (C=O) groups is 2. The topological polar surface area (TPSA) is 58.6 Å². The SMILES string of the molecule is COc1ccc([C@@H](C(=O)NC2CCCC2)N(Cc2ccccc2Cl)C(=O)Cc2cccs2)cc1. The highest BCUT2D eigenvalue weighted by Gasteiger charge is 2.33. The Morgan fingerprint density at radius 1 is 1.09 bits per heavy atom. The highest BCUT2D eigenvalue weighted by Crippen LogP contribution is 2.30. The maximum Gasteiger partial charge on any atom is 0.247 e. The zero-order chi connectivity index (χ0) is 23.9. The van der Waals surface area contributed by atoms with E-state index in [1.165, 1.54) is 11.3 Å². The molecule has 1 aromatic heterocycles. The van der Waals surface area contributed by atoms with Crippen LogP contribution in [0, 0.1) is 0 Å². The van der Waals surface area contributed by atoms with E-state index in [-0.39, 0.29) is 30.8 Å². The van der Waals surface area contributed by atoms with E-state index >= 15 is 0 Å². The van der Waals surface area contributed by atoms with Gasteiger partial charge in [-0.2, -0.15) is 0 Å². The average molecular weight is 497 g/mol. The minimum Gasteiger partial charge on any atom is -0.497 e. The van der Waals surface area contributed by atoms with Crippen LogP contribution >= 0.6 is 22.9 Å². The molecule has 1 N–H and O–H groups in total. The minimum atomic E-state index is -0.782. The van der Waals surface area contributed by atoms with Crippen molar-refractivity contribution < 1.29 is 14.3 Å². The van der Waals surface area contributed by atoms with Gasteiger partial charge in [-0.3, -0.25) is 9.59 Å². The Labute approximate surface area is 209 Å². The predicted octanol–water partition coefficient (Wildman–Crippen LogP) is 5.78. The molecule has 1 fully saturated rings. The second-order valence-corrected chi connectivity index (χ2v) is 9.97. The quantitative estimate of drug-likeness (QED) is 0.408. The molecule has 0 saturated heterocycles. The van der Waals surface area contributed by atoms with Gasteiger partial charge in [-0.15, -0.1) is 11.3 Å². The molecule has 0 spiro atoms. The molecule has 0 aliphatic heterocycles. The minimum absolute atomic E-state index is 0.121. The fourth-order valence-corrected chi connectivity index (χ4v) is 5.30. The number of amides is 2. The van der Waals surface area contributed by atoms with Gasteiger partial charge in [0, 0.05) is 22.5 Å². The van der Waals surface area contributed by atoms with Crippen molar-refractivity contribution in [1.82, 2.24) is 10.2 Å². The molecule has 2 amide bonds. The largest absolute Gasteiger partial charge is 0.497 e. The number of nitrogens with one attached hydrogen (secondary N) is 1. The van der Waals surface area contributed by atoms with Crippen molar-refractivity contribution >= 4 is 34.8 Å². The summed E-state index contributed by atoms with van der Waals surface area (Å²) in [6.07, 6.45) is 4.38. The third-order valence-corrected chi connectivity index (χ3v) is 7.46. The van der Waals surface area contributed by atoms with Crippen molar-refractivity contribution in [3.8, 4) is 5.75 Å². The summed E-state index contributed by atoms with van der Waals surface area (Å²) in [6.45, 7) is 0.235. The molecule has 0 unspecified atom stereocenters. The molecule has 34 heavy (non-hydrogen) atoms. The van der Waals surface area contributed by atoms with Crippen molar-refractivity contribution in [1.29, 1.82) is 0 Å². The van der Waals surface area contributed by atoms with Crippen LogP contribution in [0.15, 0.2) is 66.0 Å². The molecular weight excluding hydrogens is 468 g/mol. The molecule has 1 atom stereocenters. The van der Waals surface area contributed by atoms with Crippen LogP contribution in [0.3, 0.4) is 0 Å². The number of hydrogen-bond donors (Lipinski definition) is 1. The van der Waals surface area contributed by atoms with Crippen LogP contribution in [-0.2, 0) is 22.6 Å². The van der Waals surface area contributed by atoms with E-state index in [0.29, 0.717) is 10.8 Å². The highest BCUT2D eigenvalue weighted by atomic mass is 35.5. The maximum absolute atomic E-state index is 13.7. The van der Waals surface area contributed by atoms with Gasteiger partial charge in [0.05, 0.1) is 13.5 Å². The summed E-state index contributed by atoms with van der Waals surface area (Å²) in [5.41, 5.74) is 1.54. The summed E-state index contributed by atoms with van der Waals surface area (Å²) >= 11 is 8.00. The van der Waals surface area contributed by atoms with Crippen molar-refractivity contribution in [3.05, 3.63) is 87.1 Å². The second kappa shape index (κ2) is 11.5. The van der Waals surface area contributed by atoms with Crippen molar-refractivity contribution in [2.45, 2.75) is 50.7 Å². The summed E-state index contributed by atoms with van der Waals surface area (Å²) in [7, 11) is 1.60. The molecule has 1 heterocycles. The Bertz CT molecular complexity index is 1100. The number of methoxy groups -OCH3 is 1. The number of thiophene rings is 1. The Morgan fingerprint density at radius 2 is 1.82 bits per heavy atom. The average Bonchev–Trinajstić information content (AvgIpc) is 3.55.